The molecule has 0 aliphatic heterocycles. The molecule has 3 nitrogen and oxygen atoms in total. The van der Waals surface area contributed by atoms with E-state index in [1.165, 1.54) is 12.8 Å². The molecule has 0 radical (unpaired) electrons. The van der Waals surface area contributed by atoms with Gasteiger partial charge in [-0.2, -0.15) is 0 Å². The first-order valence-corrected chi connectivity index (χ1v) is 12.3. The highest BCUT2D eigenvalue weighted by Crippen LogP contribution is 2.26. The molecule has 0 saturated heterocycles. The van der Waals surface area contributed by atoms with Crippen LogP contribution in [-0.4, -0.2) is 24.3 Å². The van der Waals surface area contributed by atoms with Crippen molar-refractivity contribution in [3.05, 3.63) is 78.6 Å². The second kappa shape index (κ2) is 13.7. The molecule has 0 amide bonds. The molecule has 0 fully saturated rings. The smallest absolute Gasteiger partial charge is 0.131 e. The maximum Gasteiger partial charge on any atom is 0.131 e. The van der Waals surface area contributed by atoms with Crippen LogP contribution in [0, 0.1) is 5.82 Å². The fourth-order valence-corrected chi connectivity index (χ4v) is 3.78. The van der Waals surface area contributed by atoms with Gasteiger partial charge in [0.25, 0.3) is 0 Å². The number of ether oxygens (including phenoxy) is 2. The van der Waals surface area contributed by atoms with Gasteiger partial charge in [-0.05, 0) is 62.9 Å². The Balaban J connectivity index is 1.55. The number of rotatable bonds is 14. The molecule has 0 bridgehead atoms. The third kappa shape index (κ3) is 7.81. The Hall–Kier alpha value is -2.98. The summed E-state index contributed by atoms with van der Waals surface area (Å²) >= 11 is 0. The molecule has 0 saturated carbocycles. The standard InChI is InChI=1S/C30H36FNO2/c1-4-6-10-20-33-23(3)11-8-7-9-12-24-13-14-26(22-28(24)31)29-17-15-25-21-27(34-19-5-2)16-18-30(25)32-29/h5,9,12-18,21-23H,2,4,6-8,10-11,19-20H2,1,3H3/b12-9+. The Bertz CT molecular complexity index is 1090. The van der Waals surface area contributed by atoms with Gasteiger partial charge in [-0.3, -0.25) is 0 Å². The zero-order valence-electron chi connectivity index (χ0n) is 20.4. The van der Waals surface area contributed by atoms with Crippen LogP contribution in [-0.2, 0) is 4.74 Å². The largest absolute Gasteiger partial charge is 0.490 e. The molecule has 180 valence electrons. The van der Waals surface area contributed by atoms with Gasteiger partial charge in [0.2, 0.25) is 0 Å². The Labute approximate surface area is 203 Å². The summed E-state index contributed by atoms with van der Waals surface area (Å²) < 4.78 is 26.1. The van der Waals surface area contributed by atoms with Crippen molar-refractivity contribution in [3.8, 4) is 17.0 Å². The summed E-state index contributed by atoms with van der Waals surface area (Å²) in [6.45, 7) is 9.30. The summed E-state index contributed by atoms with van der Waals surface area (Å²) in [5.74, 6) is 0.537. The summed E-state index contributed by atoms with van der Waals surface area (Å²) in [4.78, 5) is 4.70. The molecule has 2 aromatic carbocycles. The van der Waals surface area contributed by atoms with Gasteiger partial charge < -0.3 is 9.47 Å². The van der Waals surface area contributed by atoms with Crippen LogP contribution < -0.4 is 4.74 Å². The van der Waals surface area contributed by atoms with E-state index in [0.29, 0.717) is 12.2 Å². The first-order chi connectivity index (χ1) is 16.6. The topological polar surface area (TPSA) is 31.4 Å². The van der Waals surface area contributed by atoms with E-state index in [-0.39, 0.29) is 11.9 Å². The van der Waals surface area contributed by atoms with E-state index < -0.39 is 0 Å². The van der Waals surface area contributed by atoms with Crippen LogP contribution in [0.15, 0.2) is 67.3 Å². The zero-order valence-corrected chi connectivity index (χ0v) is 20.4. The van der Waals surface area contributed by atoms with Gasteiger partial charge in [0.1, 0.15) is 18.2 Å². The van der Waals surface area contributed by atoms with Gasteiger partial charge in [-0.25, -0.2) is 9.37 Å². The predicted molar refractivity (Wildman–Crippen MR) is 141 cm³/mol. The molecule has 0 aliphatic carbocycles. The van der Waals surface area contributed by atoms with E-state index in [1.807, 2.05) is 54.6 Å². The van der Waals surface area contributed by atoms with Crippen molar-refractivity contribution in [1.29, 1.82) is 0 Å². The number of fused-ring (bicyclic) bond motifs is 1. The third-order valence-corrected chi connectivity index (χ3v) is 5.75. The lowest BCUT2D eigenvalue weighted by molar-refractivity contribution is 0.0566. The molecule has 1 heterocycles. The Kier molecular flexibility index (Phi) is 10.3. The van der Waals surface area contributed by atoms with Crippen LogP contribution >= 0.6 is 0 Å². The second-order valence-corrected chi connectivity index (χ2v) is 8.61. The van der Waals surface area contributed by atoms with E-state index in [4.69, 9.17) is 14.5 Å². The SMILES string of the molecule is C=CCOc1ccc2nc(-c3ccc(/C=C/CCCC(C)OCCCCC)c(F)c3)ccc2c1. The van der Waals surface area contributed by atoms with Gasteiger partial charge in [0.15, 0.2) is 0 Å². The molecule has 1 atom stereocenters. The monoisotopic (exact) mass is 461 g/mol. The Morgan fingerprint density at radius 1 is 1.06 bits per heavy atom. The number of aromatic nitrogens is 1. The molecule has 3 rings (SSSR count). The van der Waals surface area contributed by atoms with E-state index in [0.717, 1.165) is 60.2 Å². The van der Waals surface area contributed by atoms with E-state index in [9.17, 15) is 4.39 Å². The van der Waals surface area contributed by atoms with Crippen molar-refractivity contribution < 1.29 is 13.9 Å². The van der Waals surface area contributed by atoms with Crippen LogP contribution in [0.1, 0.15) is 57.9 Å². The van der Waals surface area contributed by atoms with Crippen LogP contribution in [0.25, 0.3) is 28.2 Å². The van der Waals surface area contributed by atoms with E-state index in [1.54, 1.807) is 12.1 Å². The minimum Gasteiger partial charge on any atom is -0.490 e. The van der Waals surface area contributed by atoms with Crippen molar-refractivity contribution in [3.63, 3.8) is 0 Å². The average Bonchev–Trinajstić information content (AvgIpc) is 2.85. The first-order valence-electron chi connectivity index (χ1n) is 12.3. The van der Waals surface area contributed by atoms with Gasteiger partial charge >= 0.3 is 0 Å². The van der Waals surface area contributed by atoms with Crippen LogP contribution in [0.5, 0.6) is 5.75 Å². The third-order valence-electron chi connectivity index (χ3n) is 5.75. The summed E-state index contributed by atoms with van der Waals surface area (Å²) in [6, 6.07) is 14.9. The molecule has 4 heteroatoms. The summed E-state index contributed by atoms with van der Waals surface area (Å²) in [6.07, 6.45) is 12.4. The summed E-state index contributed by atoms with van der Waals surface area (Å²) in [5, 5.41) is 0.978. The highest BCUT2D eigenvalue weighted by atomic mass is 19.1. The molecule has 0 N–H and O–H groups in total. The molecular weight excluding hydrogens is 425 g/mol. The van der Waals surface area contributed by atoms with Crippen molar-refractivity contribution in [1.82, 2.24) is 4.98 Å². The maximum absolute atomic E-state index is 14.7. The maximum atomic E-state index is 14.7. The second-order valence-electron chi connectivity index (χ2n) is 8.61. The first kappa shape index (κ1) is 25.6. The molecule has 3 aromatic rings. The minimum absolute atomic E-state index is 0.239. The van der Waals surface area contributed by atoms with Crippen molar-refractivity contribution >= 4 is 17.0 Å². The molecule has 0 aliphatic rings. The molecule has 1 aromatic heterocycles. The van der Waals surface area contributed by atoms with Gasteiger partial charge in [0, 0.05) is 23.1 Å². The van der Waals surface area contributed by atoms with E-state index >= 15 is 0 Å². The highest BCUT2D eigenvalue weighted by molar-refractivity contribution is 5.83. The number of benzene rings is 2. The Morgan fingerprint density at radius 2 is 1.94 bits per heavy atom. The number of nitrogens with zero attached hydrogens (tertiary/aromatic N) is 1. The van der Waals surface area contributed by atoms with Crippen LogP contribution in [0.3, 0.4) is 0 Å². The number of unbranched alkanes of at least 4 members (excludes halogenated alkanes) is 3. The lowest BCUT2D eigenvalue weighted by Gasteiger charge is -2.12. The molecule has 1 unspecified atom stereocenters. The summed E-state index contributed by atoms with van der Waals surface area (Å²) in [7, 11) is 0. The van der Waals surface area contributed by atoms with Crippen LogP contribution in [0.4, 0.5) is 4.39 Å². The van der Waals surface area contributed by atoms with Gasteiger partial charge in [-0.1, -0.05) is 62.8 Å². The van der Waals surface area contributed by atoms with Gasteiger partial charge in [0.05, 0.1) is 17.3 Å². The van der Waals surface area contributed by atoms with Crippen molar-refractivity contribution in [2.45, 2.75) is 58.5 Å². The quantitative estimate of drug-likeness (QED) is 0.178. The highest BCUT2D eigenvalue weighted by Gasteiger charge is 2.07. The van der Waals surface area contributed by atoms with Crippen molar-refractivity contribution in [2.75, 3.05) is 13.2 Å². The fourth-order valence-electron chi connectivity index (χ4n) is 3.78. The lowest BCUT2D eigenvalue weighted by Crippen LogP contribution is -2.08. The van der Waals surface area contributed by atoms with Crippen LogP contribution in [0.2, 0.25) is 0 Å². The van der Waals surface area contributed by atoms with Gasteiger partial charge in [-0.15, -0.1) is 0 Å². The predicted octanol–water partition coefficient (Wildman–Crippen LogP) is 8.38. The van der Waals surface area contributed by atoms with E-state index in [2.05, 4.69) is 20.4 Å². The number of hydrogen-bond donors (Lipinski definition) is 0. The van der Waals surface area contributed by atoms with Crippen molar-refractivity contribution in [2.24, 2.45) is 0 Å². The molecule has 34 heavy (non-hydrogen) atoms. The summed E-state index contributed by atoms with van der Waals surface area (Å²) in [5.41, 5.74) is 2.95. The number of pyridine rings is 1. The lowest BCUT2D eigenvalue weighted by atomic mass is 10.1. The number of allylic oxidation sites excluding steroid dienone is 1. The average molecular weight is 462 g/mol. The minimum atomic E-state index is -0.239. The zero-order chi connectivity index (χ0) is 24.2. The normalized spacial score (nSPS) is 12.3. The fraction of sp³-hybridized carbons (Fsp3) is 0.367. The Morgan fingerprint density at radius 3 is 2.74 bits per heavy atom. The molecule has 0 spiro atoms. The molecular formula is C30H36FNO2. The number of hydrogen-bond acceptors (Lipinski definition) is 3. The number of halogens is 1.